The number of carbonyl (C=O) groups excluding carboxylic acids is 1. The van der Waals surface area contributed by atoms with Crippen molar-refractivity contribution in [1.82, 2.24) is 5.32 Å². The molecule has 3 nitrogen and oxygen atoms in total. The molecule has 2 N–H and O–H groups in total. The minimum Gasteiger partial charge on any atom is -0.326 e. The molecule has 22 heavy (non-hydrogen) atoms. The van der Waals surface area contributed by atoms with Crippen LogP contribution in [0.25, 0.3) is 0 Å². The normalized spacial score (nSPS) is 17.9. The highest BCUT2D eigenvalue weighted by Gasteiger charge is 2.30. The molecule has 0 saturated carbocycles. The zero-order valence-corrected chi connectivity index (χ0v) is 13.1. The molecule has 1 heterocycles. The molecule has 1 amide bonds. The second-order valence-corrected chi connectivity index (χ2v) is 5.41. The monoisotopic (exact) mass is 336 g/mol. The van der Waals surface area contributed by atoms with E-state index in [0.29, 0.717) is 24.4 Å². The number of carbonyl (C=O) groups is 1. The molecule has 1 aromatic carbocycles. The van der Waals surface area contributed by atoms with Gasteiger partial charge in [-0.1, -0.05) is 6.07 Å². The van der Waals surface area contributed by atoms with Crippen LogP contribution < -0.4 is 10.6 Å². The van der Waals surface area contributed by atoms with Crippen LogP contribution in [0.5, 0.6) is 0 Å². The van der Waals surface area contributed by atoms with Crippen molar-refractivity contribution in [1.29, 1.82) is 0 Å². The Morgan fingerprint density at radius 2 is 2.14 bits per heavy atom. The first-order valence-electron chi connectivity index (χ1n) is 7.07. The zero-order valence-electron chi connectivity index (χ0n) is 12.3. The fourth-order valence-corrected chi connectivity index (χ4v) is 2.45. The van der Waals surface area contributed by atoms with Crippen LogP contribution >= 0.6 is 12.4 Å². The molecule has 0 bridgehead atoms. The minimum absolute atomic E-state index is 0. The van der Waals surface area contributed by atoms with E-state index in [1.165, 1.54) is 6.07 Å². The van der Waals surface area contributed by atoms with Crippen LogP contribution in [0, 0.1) is 6.92 Å². The van der Waals surface area contributed by atoms with E-state index >= 15 is 0 Å². The molecule has 1 atom stereocenters. The van der Waals surface area contributed by atoms with Gasteiger partial charge in [0, 0.05) is 18.2 Å². The molecule has 1 fully saturated rings. The number of aryl methyl sites for hydroxylation is 1. The molecular weight excluding hydrogens is 317 g/mol. The Morgan fingerprint density at radius 1 is 1.41 bits per heavy atom. The van der Waals surface area contributed by atoms with Gasteiger partial charge in [0.25, 0.3) is 0 Å². The quantitative estimate of drug-likeness (QED) is 0.875. The van der Waals surface area contributed by atoms with E-state index in [2.05, 4.69) is 10.6 Å². The SMILES string of the molecule is Cc1ccc(C(F)(F)F)cc1NC(=O)CCC1CCCN1.Cl. The van der Waals surface area contributed by atoms with Crippen molar-refractivity contribution in [2.75, 3.05) is 11.9 Å². The summed E-state index contributed by atoms with van der Waals surface area (Å²) < 4.78 is 38.0. The number of rotatable bonds is 4. The predicted molar refractivity (Wildman–Crippen MR) is 82.3 cm³/mol. The zero-order chi connectivity index (χ0) is 15.5. The van der Waals surface area contributed by atoms with Crippen LogP contribution in [0.15, 0.2) is 18.2 Å². The first-order chi connectivity index (χ1) is 9.86. The van der Waals surface area contributed by atoms with Crippen molar-refractivity contribution >= 4 is 24.0 Å². The van der Waals surface area contributed by atoms with E-state index in [4.69, 9.17) is 0 Å². The summed E-state index contributed by atoms with van der Waals surface area (Å²) in [5.41, 5.74) is 0.102. The molecule has 1 aromatic rings. The fourth-order valence-electron chi connectivity index (χ4n) is 2.45. The summed E-state index contributed by atoms with van der Waals surface area (Å²) in [5, 5.41) is 5.87. The molecule has 7 heteroatoms. The summed E-state index contributed by atoms with van der Waals surface area (Å²) in [6.07, 6.45) is -1.22. The molecule has 1 aliphatic rings. The van der Waals surface area contributed by atoms with Crippen LogP contribution in [0.1, 0.15) is 36.8 Å². The smallest absolute Gasteiger partial charge is 0.326 e. The number of hydrogen-bond acceptors (Lipinski definition) is 2. The molecule has 1 aliphatic heterocycles. The Labute approximate surface area is 134 Å². The summed E-state index contributed by atoms with van der Waals surface area (Å²) in [7, 11) is 0. The Balaban J connectivity index is 0.00000242. The lowest BCUT2D eigenvalue weighted by atomic mass is 10.1. The Morgan fingerprint density at radius 3 is 2.73 bits per heavy atom. The van der Waals surface area contributed by atoms with Gasteiger partial charge in [-0.25, -0.2) is 0 Å². The Kier molecular flexibility index (Phi) is 6.68. The molecule has 1 unspecified atom stereocenters. The number of nitrogens with one attached hydrogen (secondary N) is 2. The van der Waals surface area contributed by atoms with E-state index in [1.54, 1.807) is 6.92 Å². The molecule has 1 saturated heterocycles. The van der Waals surface area contributed by atoms with E-state index in [0.717, 1.165) is 31.5 Å². The highest BCUT2D eigenvalue weighted by atomic mass is 35.5. The van der Waals surface area contributed by atoms with Gasteiger partial charge in [0.2, 0.25) is 5.91 Å². The Bertz CT molecular complexity index is 514. The molecule has 0 spiro atoms. The van der Waals surface area contributed by atoms with E-state index in [1.807, 2.05) is 0 Å². The van der Waals surface area contributed by atoms with Gasteiger partial charge in [-0.3, -0.25) is 4.79 Å². The van der Waals surface area contributed by atoms with Crippen molar-refractivity contribution in [3.05, 3.63) is 29.3 Å². The van der Waals surface area contributed by atoms with Crippen molar-refractivity contribution < 1.29 is 18.0 Å². The average Bonchev–Trinajstić information content (AvgIpc) is 2.91. The maximum absolute atomic E-state index is 12.7. The summed E-state index contributed by atoms with van der Waals surface area (Å²) in [4.78, 5) is 11.9. The third kappa shape index (κ3) is 5.18. The van der Waals surface area contributed by atoms with Crippen molar-refractivity contribution in [3.63, 3.8) is 0 Å². The third-order valence-electron chi connectivity index (χ3n) is 3.72. The van der Waals surface area contributed by atoms with Gasteiger partial charge in [0.05, 0.1) is 5.56 Å². The van der Waals surface area contributed by atoms with Crippen molar-refractivity contribution in [2.45, 2.75) is 44.8 Å². The molecule has 0 radical (unpaired) electrons. The first kappa shape index (κ1) is 18.8. The standard InChI is InChI=1S/C15H19F3N2O.ClH/c1-10-4-5-11(15(16,17)18)9-13(10)20-14(21)7-6-12-3-2-8-19-12;/h4-5,9,12,19H,2-3,6-8H2,1H3,(H,20,21);1H. The topological polar surface area (TPSA) is 41.1 Å². The highest BCUT2D eigenvalue weighted by Crippen LogP contribution is 2.32. The first-order valence-corrected chi connectivity index (χ1v) is 7.07. The van der Waals surface area contributed by atoms with E-state index in [-0.39, 0.29) is 24.0 Å². The van der Waals surface area contributed by atoms with Crippen molar-refractivity contribution in [3.8, 4) is 0 Å². The molecule has 2 rings (SSSR count). The number of benzene rings is 1. The molecule has 0 aliphatic carbocycles. The number of amides is 1. The maximum atomic E-state index is 12.7. The van der Waals surface area contributed by atoms with Crippen molar-refractivity contribution in [2.24, 2.45) is 0 Å². The molecular formula is C15H20ClF3N2O. The van der Waals surface area contributed by atoms with Crippen LogP contribution in [-0.4, -0.2) is 18.5 Å². The van der Waals surface area contributed by atoms with Gasteiger partial charge < -0.3 is 10.6 Å². The summed E-state index contributed by atoms with van der Waals surface area (Å²) >= 11 is 0. The van der Waals surface area contributed by atoms with E-state index < -0.39 is 11.7 Å². The van der Waals surface area contributed by atoms with Crippen LogP contribution in [-0.2, 0) is 11.0 Å². The van der Waals surface area contributed by atoms with Gasteiger partial charge in [-0.05, 0) is 50.4 Å². The minimum atomic E-state index is -4.40. The second kappa shape index (κ2) is 7.83. The predicted octanol–water partition coefficient (Wildman–Crippen LogP) is 3.91. The average molecular weight is 337 g/mol. The number of anilines is 1. The van der Waals surface area contributed by atoms with Gasteiger partial charge in [0.15, 0.2) is 0 Å². The number of alkyl halides is 3. The van der Waals surface area contributed by atoms with Gasteiger partial charge in [-0.2, -0.15) is 13.2 Å². The van der Waals surface area contributed by atoms with Gasteiger partial charge >= 0.3 is 6.18 Å². The lowest BCUT2D eigenvalue weighted by Gasteiger charge is -2.13. The van der Waals surface area contributed by atoms with Crippen LogP contribution in [0.2, 0.25) is 0 Å². The Hall–Kier alpha value is -1.27. The van der Waals surface area contributed by atoms with Gasteiger partial charge in [0.1, 0.15) is 0 Å². The largest absolute Gasteiger partial charge is 0.416 e. The lowest BCUT2D eigenvalue weighted by molar-refractivity contribution is -0.137. The van der Waals surface area contributed by atoms with E-state index in [9.17, 15) is 18.0 Å². The molecule has 124 valence electrons. The second-order valence-electron chi connectivity index (χ2n) is 5.41. The summed E-state index contributed by atoms with van der Waals surface area (Å²) in [6, 6.07) is 3.73. The highest BCUT2D eigenvalue weighted by molar-refractivity contribution is 5.91. The van der Waals surface area contributed by atoms with Gasteiger partial charge in [-0.15, -0.1) is 12.4 Å². The molecule has 0 aromatic heterocycles. The third-order valence-corrected chi connectivity index (χ3v) is 3.72. The number of hydrogen-bond donors (Lipinski definition) is 2. The van der Waals surface area contributed by atoms with Crippen LogP contribution in [0.4, 0.5) is 18.9 Å². The lowest BCUT2D eigenvalue weighted by Crippen LogP contribution is -2.23. The van der Waals surface area contributed by atoms with Crippen LogP contribution in [0.3, 0.4) is 0 Å². The number of halogens is 4. The summed E-state index contributed by atoms with van der Waals surface area (Å²) in [5.74, 6) is -0.244. The fraction of sp³-hybridized carbons (Fsp3) is 0.533. The summed E-state index contributed by atoms with van der Waals surface area (Å²) in [6.45, 7) is 2.65. The maximum Gasteiger partial charge on any atom is 0.416 e.